The first kappa shape index (κ1) is 30.0. The highest BCUT2D eigenvalue weighted by Gasteiger charge is 2.27. The number of carbonyl (C=O) groups is 1. The van der Waals surface area contributed by atoms with Crippen molar-refractivity contribution >= 4 is 39.0 Å². The molecule has 3 N–H and O–H groups in total. The van der Waals surface area contributed by atoms with Gasteiger partial charge in [0.25, 0.3) is 0 Å². The van der Waals surface area contributed by atoms with E-state index >= 15 is 0 Å². The molecule has 0 unspecified atom stereocenters. The summed E-state index contributed by atoms with van der Waals surface area (Å²) in [5.41, 5.74) is 2.39. The number of nitrogens with zero attached hydrogens (tertiary/aromatic N) is 2. The Morgan fingerprint density at radius 2 is 1.80 bits per heavy atom. The number of pyridine rings is 1. The molecule has 0 saturated heterocycles. The van der Waals surface area contributed by atoms with E-state index < -0.39 is 10.0 Å². The van der Waals surface area contributed by atoms with Gasteiger partial charge in [0.05, 0.1) is 20.9 Å². The van der Waals surface area contributed by atoms with E-state index in [4.69, 9.17) is 4.74 Å². The van der Waals surface area contributed by atoms with Crippen LogP contribution in [0.5, 0.6) is 0 Å². The number of thiazole rings is 1. The Labute approximate surface area is 241 Å². The topological polar surface area (TPSA) is 122 Å². The smallest absolute Gasteiger partial charge is 0.407 e. The van der Waals surface area contributed by atoms with Gasteiger partial charge in [-0.15, -0.1) is 11.3 Å². The SMILES string of the molecule is CCNS(=O)(=O)c1cc(Nc2ccc(C(C)C)cn2)ccc1-c1cnc(C2CCC(NC(=O)OC(C)C)CC2)s1. The van der Waals surface area contributed by atoms with E-state index in [1.807, 2.05) is 44.3 Å². The van der Waals surface area contributed by atoms with Crippen LogP contribution in [0.15, 0.2) is 47.6 Å². The number of hydrogen-bond acceptors (Lipinski definition) is 8. The summed E-state index contributed by atoms with van der Waals surface area (Å²) in [6, 6.07) is 9.35. The van der Waals surface area contributed by atoms with Crippen molar-refractivity contribution in [3.8, 4) is 10.4 Å². The van der Waals surface area contributed by atoms with Crippen LogP contribution >= 0.6 is 11.3 Å². The van der Waals surface area contributed by atoms with Crippen molar-refractivity contribution in [2.75, 3.05) is 11.9 Å². The summed E-state index contributed by atoms with van der Waals surface area (Å²) >= 11 is 1.53. The van der Waals surface area contributed by atoms with Crippen LogP contribution in [0.25, 0.3) is 10.4 Å². The van der Waals surface area contributed by atoms with Gasteiger partial charge >= 0.3 is 6.09 Å². The van der Waals surface area contributed by atoms with Gasteiger partial charge in [-0.25, -0.2) is 27.9 Å². The lowest BCUT2D eigenvalue weighted by Gasteiger charge is -2.28. The summed E-state index contributed by atoms with van der Waals surface area (Å²) in [5, 5.41) is 7.18. The summed E-state index contributed by atoms with van der Waals surface area (Å²) < 4.78 is 34.3. The number of benzene rings is 1. The standard InChI is InChI=1S/C29H39N5O4S2/c1-6-32-40(36,37)26-15-23(33-27-14-9-21(16-30-27)18(2)3)12-13-24(26)25-17-31-28(39-25)20-7-10-22(11-8-20)34-29(35)38-19(4)5/h9,12-20,22,32H,6-8,10-11H2,1-5H3,(H,30,33)(H,34,35). The van der Waals surface area contributed by atoms with E-state index in [1.54, 1.807) is 19.2 Å². The second kappa shape index (κ2) is 13.1. The third-order valence-electron chi connectivity index (χ3n) is 6.86. The van der Waals surface area contributed by atoms with Crippen LogP contribution in [0.3, 0.4) is 0 Å². The Morgan fingerprint density at radius 1 is 1.05 bits per heavy atom. The average Bonchev–Trinajstić information content (AvgIpc) is 3.39. The number of anilines is 2. The molecule has 1 aromatic carbocycles. The zero-order valence-corrected chi connectivity index (χ0v) is 25.4. The van der Waals surface area contributed by atoms with Crippen LogP contribution in [-0.2, 0) is 14.8 Å². The predicted molar refractivity (Wildman–Crippen MR) is 160 cm³/mol. The number of sulfonamides is 1. The maximum Gasteiger partial charge on any atom is 0.407 e. The average molecular weight is 586 g/mol. The minimum absolute atomic E-state index is 0.0925. The molecule has 1 aliphatic rings. The van der Waals surface area contributed by atoms with E-state index in [2.05, 4.69) is 39.2 Å². The molecular weight excluding hydrogens is 546 g/mol. The lowest BCUT2D eigenvalue weighted by atomic mass is 9.86. The molecule has 40 heavy (non-hydrogen) atoms. The highest BCUT2D eigenvalue weighted by Crippen LogP contribution is 2.40. The second-order valence-electron chi connectivity index (χ2n) is 10.7. The summed E-state index contributed by atoms with van der Waals surface area (Å²) in [5.74, 6) is 1.29. The van der Waals surface area contributed by atoms with Crippen molar-refractivity contribution in [2.24, 2.45) is 0 Å². The fourth-order valence-corrected chi connectivity index (χ4v) is 7.24. The quantitative estimate of drug-likeness (QED) is 0.247. The van der Waals surface area contributed by atoms with E-state index in [0.29, 0.717) is 23.0 Å². The van der Waals surface area contributed by atoms with E-state index in [-0.39, 0.29) is 35.6 Å². The Morgan fingerprint density at radius 3 is 2.42 bits per heavy atom. The van der Waals surface area contributed by atoms with Crippen LogP contribution in [-0.4, -0.2) is 43.2 Å². The van der Waals surface area contributed by atoms with Crippen molar-refractivity contribution in [3.63, 3.8) is 0 Å². The van der Waals surface area contributed by atoms with E-state index in [1.165, 1.54) is 11.3 Å². The molecule has 0 radical (unpaired) electrons. The molecule has 2 heterocycles. The molecular formula is C29H39N5O4S2. The minimum atomic E-state index is -3.75. The number of nitrogens with one attached hydrogen (secondary N) is 3. The van der Waals surface area contributed by atoms with Gasteiger partial charge < -0.3 is 15.4 Å². The minimum Gasteiger partial charge on any atom is -0.447 e. The third-order valence-corrected chi connectivity index (χ3v) is 9.64. The zero-order chi connectivity index (χ0) is 28.9. The van der Waals surface area contributed by atoms with Crippen molar-refractivity contribution in [1.29, 1.82) is 0 Å². The van der Waals surface area contributed by atoms with Gasteiger partial charge in [0.1, 0.15) is 5.82 Å². The molecule has 1 fully saturated rings. The van der Waals surface area contributed by atoms with Crippen LogP contribution in [0.2, 0.25) is 0 Å². The first-order valence-electron chi connectivity index (χ1n) is 13.9. The number of carbonyl (C=O) groups excluding carboxylic acids is 1. The Balaban J connectivity index is 1.52. The van der Waals surface area contributed by atoms with Crippen LogP contribution < -0.4 is 15.4 Å². The summed E-state index contributed by atoms with van der Waals surface area (Å²) in [6.07, 6.45) is 6.57. The van der Waals surface area contributed by atoms with Gasteiger partial charge in [-0.1, -0.05) is 32.9 Å². The number of amides is 1. The largest absolute Gasteiger partial charge is 0.447 e. The van der Waals surface area contributed by atoms with Crippen molar-refractivity contribution in [1.82, 2.24) is 20.0 Å². The summed E-state index contributed by atoms with van der Waals surface area (Å²) in [4.78, 5) is 22.1. The van der Waals surface area contributed by atoms with E-state index in [0.717, 1.165) is 41.1 Å². The lowest BCUT2D eigenvalue weighted by molar-refractivity contribution is 0.109. The summed E-state index contributed by atoms with van der Waals surface area (Å²) in [6.45, 7) is 9.93. The van der Waals surface area contributed by atoms with Gasteiger partial charge in [0.2, 0.25) is 10.0 Å². The van der Waals surface area contributed by atoms with E-state index in [9.17, 15) is 13.2 Å². The van der Waals surface area contributed by atoms with Gasteiger partial charge in [-0.2, -0.15) is 0 Å². The van der Waals surface area contributed by atoms with Crippen molar-refractivity contribution in [3.05, 3.63) is 53.3 Å². The molecule has 4 rings (SSSR count). The maximum absolute atomic E-state index is 13.2. The number of rotatable bonds is 10. The highest BCUT2D eigenvalue weighted by atomic mass is 32.2. The fourth-order valence-electron chi connectivity index (χ4n) is 4.76. The number of hydrogen-bond donors (Lipinski definition) is 3. The Hall–Kier alpha value is -3.02. The number of ether oxygens (including phenoxy) is 1. The summed E-state index contributed by atoms with van der Waals surface area (Å²) in [7, 11) is -3.75. The van der Waals surface area contributed by atoms with Gasteiger partial charge in [0, 0.05) is 42.1 Å². The second-order valence-corrected chi connectivity index (χ2v) is 13.5. The first-order chi connectivity index (χ1) is 19.1. The van der Waals surface area contributed by atoms with Crippen LogP contribution in [0.4, 0.5) is 16.3 Å². The molecule has 2 aromatic heterocycles. The molecule has 0 aliphatic heterocycles. The zero-order valence-electron chi connectivity index (χ0n) is 23.7. The van der Waals surface area contributed by atoms with Gasteiger partial charge in [-0.05, 0) is 69.2 Å². The van der Waals surface area contributed by atoms with Crippen LogP contribution in [0.1, 0.15) is 82.7 Å². The molecule has 3 aromatic rings. The normalized spacial score (nSPS) is 17.7. The molecule has 9 nitrogen and oxygen atoms in total. The molecule has 0 spiro atoms. The first-order valence-corrected chi connectivity index (χ1v) is 16.2. The highest BCUT2D eigenvalue weighted by molar-refractivity contribution is 7.89. The third kappa shape index (κ3) is 7.58. The molecule has 0 bridgehead atoms. The predicted octanol–water partition coefficient (Wildman–Crippen LogP) is 6.53. The Bertz CT molecular complexity index is 1400. The fraction of sp³-hybridized carbons (Fsp3) is 0.483. The maximum atomic E-state index is 13.2. The molecule has 1 aliphatic carbocycles. The number of aromatic nitrogens is 2. The molecule has 216 valence electrons. The van der Waals surface area contributed by atoms with Gasteiger partial charge in [-0.3, -0.25) is 0 Å². The molecule has 1 amide bonds. The van der Waals surface area contributed by atoms with Crippen molar-refractivity contribution in [2.45, 2.75) is 89.2 Å². The Kier molecular flexibility index (Phi) is 9.81. The van der Waals surface area contributed by atoms with Gasteiger partial charge in [0.15, 0.2) is 0 Å². The molecule has 11 heteroatoms. The van der Waals surface area contributed by atoms with Crippen LogP contribution in [0, 0.1) is 0 Å². The van der Waals surface area contributed by atoms with Crippen molar-refractivity contribution < 1.29 is 17.9 Å². The molecule has 0 atom stereocenters. The number of alkyl carbamates (subject to hydrolysis) is 1. The lowest BCUT2D eigenvalue weighted by Crippen LogP contribution is -2.38. The molecule has 1 saturated carbocycles. The monoisotopic (exact) mass is 585 g/mol.